The lowest BCUT2D eigenvalue weighted by molar-refractivity contribution is 0.311. The molecule has 0 atom stereocenters. The Morgan fingerprint density at radius 1 is 1.18 bits per heavy atom. The molecule has 0 bridgehead atoms. The fraction of sp³-hybridized carbons (Fsp3) is 0.400. The highest BCUT2D eigenvalue weighted by atomic mass is 35.5. The zero-order chi connectivity index (χ0) is 15.4. The summed E-state index contributed by atoms with van der Waals surface area (Å²) in [7, 11) is 2.12. The number of nitrogens with zero attached hydrogens (tertiary/aromatic N) is 5. The summed E-state index contributed by atoms with van der Waals surface area (Å²) in [6.07, 6.45) is 1.64. The third kappa shape index (κ3) is 3.64. The van der Waals surface area contributed by atoms with Gasteiger partial charge in [-0.2, -0.15) is 10.1 Å². The van der Waals surface area contributed by atoms with Crippen molar-refractivity contribution in [3.63, 3.8) is 0 Å². The molecule has 1 aliphatic rings. The van der Waals surface area contributed by atoms with Gasteiger partial charge in [-0.1, -0.05) is 29.8 Å². The molecule has 0 amide bonds. The van der Waals surface area contributed by atoms with Crippen LogP contribution in [0.2, 0.25) is 5.02 Å². The molecule has 116 valence electrons. The number of hydrogen-bond donors (Lipinski definition) is 1. The van der Waals surface area contributed by atoms with Crippen LogP contribution in [-0.2, 0) is 6.54 Å². The SMILES string of the molecule is CN1CCN(c2nncc(NCc3ccccc3Cl)n2)CC1. The van der Waals surface area contributed by atoms with E-state index in [4.69, 9.17) is 11.6 Å². The number of anilines is 2. The average Bonchev–Trinajstić information content (AvgIpc) is 2.55. The highest BCUT2D eigenvalue weighted by molar-refractivity contribution is 6.31. The lowest BCUT2D eigenvalue weighted by Crippen LogP contribution is -2.45. The normalized spacial score (nSPS) is 15.8. The van der Waals surface area contributed by atoms with E-state index in [-0.39, 0.29) is 0 Å². The number of aromatic nitrogens is 3. The lowest BCUT2D eigenvalue weighted by Gasteiger charge is -2.32. The lowest BCUT2D eigenvalue weighted by atomic mass is 10.2. The van der Waals surface area contributed by atoms with Gasteiger partial charge in [0, 0.05) is 37.7 Å². The van der Waals surface area contributed by atoms with Gasteiger partial charge < -0.3 is 15.1 Å². The van der Waals surface area contributed by atoms with E-state index in [0.29, 0.717) is 18.3 Å². The number of halogens is 1. The Morgan fingerprint density at radius 2 is 1.95 bits per heavy atom. The molecule has 1 aliphatic heterocycles. The molecule has 7 heteroatoms. The van der Waals surface area contributed by atoms with E-state index in [0.717, 1.165) is 36.8 Å². The molecular weight excluding hydrogens is 300 g/mol. The molecule has 0 radical (unpaired) electrons. The van der Waals surface area contributed by atoms with Gasteiger partial charge in [0.15, 0.2) is 5.82 Å². The number of piperazine rings is 1. The Balaban J connectivity index is 1.65. The molecule has 2 heterocycles. The summed E-state index contributed by atoms with van der Waals surface area (Å²) in [5.74, 6) is 1.39. The predicted molar refractivity (Wildman–Crippen MR) is 88.3 cm³/mol. The summed E-state index contributed by atoms with van der Waals surface area (Å²) in [6.45, 7) is 4.49. The molecule has 0 spiro atoms. The summed E-state index contributed by atoms with van der Waals surface area (Å²) < 4.78 is 0. The minimum absolute atomic E-state index is 0.612. The van der Waals surface area contributed by atoms with E-state index in [2.05, 4.69) is 37.3 Å². The number of rotatable bonds is 4. The van der Waals surface area contributed by atoms with Gasteiger partial charge in [-0.05, 0) is 18.7 Å². The monoisotopic (exact) mass is 318 g/mol. The number of nitrogens with one attached hydrogen (secondary N) is 1. The summed E-state index contributed by atoms with van der Waals surface area (Å²) in [6, 6.07) is 7.76. The topological polar surface area (TPSA) is 57.2 Å². The largest absolute Gasteiger partial charge is 0.364 e. The zero-order valence-corrected chi connectivity index (χ0v) is 13.3. The van der Waals surface area contributed by atoms with Crippen LogP contribution in [0.15, 0.2) is 30.5 Å². The molecular formula is C15H19ClN6. The van der Waals surface area contributed by atoms with Crippen LogP contribution in [0.25, 0.3) is 0 Å². The third-order valence-electron chi connectivity index (χ3n) is 3.75. The number of likely N-dealkylation sites (N-methyl/N-ethyl adjacent to an activating group) is 1. The molecule has 22 heavy (non-hydrogen) atoms. The van der Waals surface area contributed by atoms with E-state index in [9.17, 15) is 0 Å². The van der Waals surface area contributed by atoms with Gasteiger partial charge in [0.2, 0.25) is 5.95 Å². The number of hydrogen-bond acceptors (Lipinski definition) is 6. The average molecular weight is 319 g/mol. The van der Waals surface area contributed by atoms with E-state index in [1.54, 1.807) is 6.20 Å². The van der Waals surface area contributed by atoms with Crippen molar-refractivity contribution < 1.29 is 0 Å². The minimum Gasteiger partial charge on any atom is -0.364 e. The van der Waals surface area contributed by atoms with Gasteiger partial charge in [0.1, 0.15) is 0 Å². The van der Waals surface area contributed by atoms with Crippen molar-refractivity contribution in [3.05, 3.63) is 41.0 Å². The maximum absolute atomic E-state index is 6.16. The summed E-state index contributed by atoms with van der Waals surface area (Å²) in [5, 5.41) is 12.2. The van der Waals surface area contributed by atoms with Crippen molar-refractivity contribution >= 4 is 23.4 Å². The minimum atomic E-state index is 0.612. The van der Waals surface area contributed by atoms with E-state index in [1.807, 2.05) is 24.3 Å². The summed E-state index contributed by atoms with van der Waals surface area (Å²) >= 11 is 6.16. The van der Waals surface area contributed by atoms with Crippen molar-refractivity contribution in [2.75, 3.05) is 43.4 Å². The van der Waals surface area contributed by atoms with E-state index in [1.165, 1.54) is 0 Å². The summed E-state index contributed by atoms with van der Waals surface area (Å²) in [4.78, 5) is 9.00. The highest BCUT2D eigenvalue weighted by Gasteiger charge is 2.17. The second kappa shape index (κ2) is 6.89. The fourth-order valence-corrected chi connectivity index (χ4v) is 2.55. The Kier molecular flexibility index (Phi) is 4.70. The predicted octanol–water partition coefficient (Wildman–Crippen LogP) is 1.89. The van der Waals surface area contributed by atoms with Crippen LogP contribution in [0, 0.1) is 0 Å². The molecule has 2 aromatic rings. The van der Waals surface area contributed by atoms with Crippen molar-refractivity contribution in [3.8, 4) is 0 Å². The first kappa shape index (κ1) is 15.0. The van der Waals surface area contributed by atoms with Gasteiger partial charge in [-0.25, -0.2) is 0 Å². The van der Waals surface area contributed by atoms with Gasteiger partial charge in [0.25, 0.3) is 0 Å². The Labute approximate surface area is 135 Å². The maximum atomic E-state index is 6.16. The first-order chi connectivity index (χ1) is 10.7. The summed E-state index contributed by atoms with van der Waals surface area (Å²) in [5.41, 5.74) is 1.03. The quantitative estimate of drug-likeness (QED) is 0.929. The Morgan fingerprint density at radius 3 is 2.73 bits per heavy atom. The first-order valence-electron chi connectivity index (χ1n) is 7.33. The first-order valence-corrected chi connectivity index (χ1v) is 7.70. The Bertz CT molecular complexity index is 627. The van der Waals surface area contributed by atoms with Crippen LogP contribution >= 0.6 is 11.6 Å². The molecule has 1 aromatic heterocycles. The van der Waals surface area contributed by atoms with E-state index < -0.39 is 0 Å². The van der Waals surface area contributed by atoms with Gasteiger partial charge in [-0.3, -0.25) is 0 Å². The second-order valence-electron chi connectivity index (χ2n) is 5.38. The molecule has 6 nitrogen and oxygen atoms in total. The third-order valence-corrected chi connectivity index (χ3v) is 4.12. The van der Waals surface area contributed by atoms with Gasteiger partial charge >= 0.3 is 0 Å². The van der Waals surface area contributed by atoms with Crippen LogP contribution in [0.3, 0.4) is 0 Å². The maximum Gasteiger partial charge on any atom is 0.247 e. The molecule has 0 unspecified atom stereocenters. The van der Waals surface area contributed by atoms with Crippen LogP contribution in [0.1, 0.15) is 5.56 Å². The van der Waals surface area contributed by atoms with Gasteiger partial charge in [0.05, 0.1) is 6.20 Å². The smallest absolute Gasteiger partial charge is 0.247 e. The van der Waals surface area contributed by atoms with Gasteiger partial charge in [-0.15, -0.1) is 5.10 Å². The van der Waals surface area contributed by atoms with Crippen molar-refractivity contribution in [1.29, 1.82) is 0 Å². The molecule has 3 rings (SSSR count). The molecule has 1 fully saturated rings. The number of benzene rings is 1. The van der Waals surface area contributed by atoms with Crippen LogP contribution < -0.4 is 10.2 Å². The molecule has 0 saturated carbocycles. The molecule has 0 aliphatic carbocycles. The molecule has 1 aromatic carbocycles. The standard InChI is InChI=1S/C15H19ClN6/c1-21-6-8-22(9-7-21)15-19-14(11-18-20-15)17-10-12-4-2-3-5-13(12)16/h2-5,11H,6-10H2,1H3,(H,17,19,20). The molecule has 1 N–H and O–H groups in total. The Hall–Kier alpha value is -1.92. The van der Waals surface area contributed by atoms with Crippen molar-refractivity contribution in [2.45, 2.75) is 6.54 Å². The molecule has 1 saturated heterocycles. The van der Waals surface area contributed by atoms with Crippen LogP contribution in [0.4, 0.5) is 11.8 Å². The second-order valence-corrected chi connectivity index (χ2v) is 5.78. The zero-order valence-electron chi connectivity index (χ0n) is 12.5. The van der Waals surface area contributed by atoms with Crippen molar-refractivity contribution in [1.82, 2.24) is 20.1 Å². The van der Waals surface area contributed by atoms with Crippen LogP contribution in [0.5, 0.6) is 0 Å². The van der Waals surface area contributed by atoms with E-state index >= 15 is 0 Å². The highest BCUT2D eigenvalue weighted by Crippen LogP contribution is 2.17. The fourth-order valence-electron chi connectivity index (χ4n) is 2.35. The van der Waals surface area contributed by atoms with Crippen LogP contribution in [-0.4, -0.2) is 53.3 Å². The van der Waals surface area contributed by atoms with Crippen molar-refractivity contribution in [2.24, 2.45) is 0 Å².